The summed E-state index contributed by atoms with van der Waals surface area (Å²) in [6.45, 7) is 0. The van der Waals surface area contributed by atoms with Crippen molar-refractivity contribution in [2.45, 2.75) is 0 Å². The first-order valence-corrected chi connectivity index (χ1v) is 5.48. The molecule has 0 spiro atoms. The largest absolute Gasteiger partial charge is 0.463 e. The van der Waals surface area contributed by atoms with Gasteiger partial charge < -0.3 is 9.15 Å². The molecule has 4 nitrogen and oxygen atoms in total. The number of furan rings is 1. The maximum atomic E-state index is 12.0. The third kappa shape index (κ3) is 2.43. The van der Waals surface area contributed by atoms with Crippen molar-refractivity contribution in [3.8, 4) is 0 Å². The minimum absolute atomic E-state index is 0.00480. The van der Waals surface area contributed by atoms with Crippen LogP contribution in [-0.2, 0) is 4.74 Å². The molecule has 0 radical (unpaired) electrons. The van der Waals surface area contributed by atoms with Crippen molar-refractivity contribution in [1.29, 1.82) is 0 Å². The number of carbonyl (C=O) groups is 2. The molecule has 2 aromatic rings. The number of ether oxygens (including phenoxy) is 1. The number of rotatable bonds is 3. The Morgan fingerprint density at radius 2 is 1.67 bits per heavy atom. The summed E-state index contributed by atoms with van der Waals surface area (Å²) in [6, 6.07) is 9.23. The van der Waals surface area contributed by atoms with Gasteiger partial charge in [0.15, 0.2) is 5.76 Å². The fourth-order valence-electron chi connectivity index (χ4n) is 1.41. The number of ketones is 1. The Bertz CT molecular complexity index is 583. The van der Waals surface area contributed by atoms with E-state index < -0.39 is 5.97 Å². The van der Waals surface area contributed by atoms with Crippen molar-refractivity contribution in [3.63, 3.8) is 0 Å². The monoisotopic (exact) mass is 264 g/mol. The SMILES string of the molecule is COC(=O)c1ccc(C(=O)c2ccc(Cl)cc2)o1. The van der Waals surface area contributed by atoms with E-state index in [0.717, 1.165) is 0 Å². The molecular formula is C13H9ClO4. The predicted molar refractivity (Wildman–Crippen MR) is 64.9 cm³/mol. The van der Waals surface area contributed by atoms with Gasteiger partial charge in [0, 0.05) is 10.6 Å². The van der Waals surface area contributed by atoms with Crippen molar-refractivity contribution < 1.29 is 18.7 Å². The molecule has 0 aliphatic carbocycles. The molecule has 92 valence electrons. The third-order valence-corrected chi connectivity index (χ3v) is 2.57. The molecule has 0 atom stereocenters. The minimum atomic E-state index is -0.620. The van der Waals surface area contributed by atoms with Gasteiger partial charge in [-0.2, -0.15) is 0 Å². The van der Waals surface area contributed by atoms with Crippen LogP contribution in [-0.4, -0.2) is 18.9 Å². The standard InChI is InChI=1S/C13H9ClO4/c1-17-13(16)11-7-6-10(18-11)12(15)8-2-4-9(14)5-3-8/h2-7H,1H3. The number of methoxy groups -OCH3 is 1. The molecule has 0 saturated heterocycles. The molecule has 0 aliphatic heterocycles. The van der Waals surface area contributed by atoms with Crippen molar-refractivity contribution in [1.82, 2.24) is 0 Å². The molecule has 0 saturated carbocycles. The summed E-state index contributed by atoms with van der Waals surface area (Å²) in [5, 5.41) is 0.543. The Morgan fingerprint density at radius 3 is 2.28 bits per heavy atom. The first-order valence-electron chi connectivity index (χ1n) is 5.10. The fraction of sp³-hybridized carbons (Fsp3) is 0.0769. The van der Waals surface area contributed by atoms with E-state index in [-0.39, 0.29) is 17.3 Å². The van der Waals surface area contributed by atoms with Crippen molar-refractivity contribution >= 4 is 23.4 Å². The van der Waals surface area contributed by atoms with E-state index in [0.29, 0.717) is 10.6 Å². The van der Waals surface area contributed by atoms with Gasteiger partial charge in [-0.1, -0.05) is 11.6 Å². The van der Waals surface area contributed by atoms with Crippen LogP contribution in [0.15, 0.2) is 40.8 Å². The number of hydrogen-bond acceptors (Lipinski definition) is 4. The van der Waals surface area contributed by atoms with Crippen LogP contribution in [0.3, 0.4) is 0 Å². The molecule has 1 aromatic carbocycles. The Kier molecular flexibility index (Phi) is 3.48. The van der Waals surface area contributed by atoms with E-state index in [1.807, 2.05) is 0 Å². The highest BCUT2D eigenvalue weighted by Gasteiger charge is 2.17. The molecular weight excluding hydrogens is 256 g/mol. The van der Waals surface area contributed by atoms with Crippen molar-refractivity contribution in [3.05, 3.63) is 58.5 Å². The molecule has 0 amide bonds. The van der Waals surface area contributed by atoms with E-state index >= 15 is 0 Å². The average Bonchev–Trinajstić information content (AvgIpc) is 2.87. The van der Waals surface area contributed by atoms with Gasteiger partial charge in [0.25, 0.3) is 0 Å². The second-order valence-corrected chi connectivity index (χ2v) is 3.93. The van der Waals surface area contributed by atoms with Crippen LogP contribution in [0.1, 0.15) is 26.7 Å². The summed E-state index contributed by atoms with van der Waals surface area (Å²) in [6.07, 6.45) is 0. The molecule has 0 unspecified atom stereocenters. The van der Waals surface area contributed by atoms with E-state index in [9.17, 15) is 9.59 Å². The third-order valence-electron chi connectivity index (χ3n) is 2.32. The predicted octanol–water partition coefficient (Wildman–Crippen LogP) is 2.95. The molecule has 5 heteroatoms. The lowest BCUT2D eigenvalue weighted by atomic mass is 10.1. The smallest absolute Gasteiger partial charge is 0.373 e. The van der Waals surface area contributed by atoms with Gasteiger partial charge in [0.05, 0.1) is 7.11 Å². The van der Waals surface area contributed by atoms with Gasteiger partial charge in [-0.15, -0.1) is 0 Å². The van der Waals surface area contributed by atoms with Crippen LogP contribution >= 0.6 is 11.6 Å². The lowest BCUT2D eigenvalue weighted by Crippen LogP contribution is -2.01. The zero-order valence-corrected chi connectivity index (χ0v) is 10.2. The lowest BCUT2D eigenvalue weighted by molar-refractivity contribution is 0.0563. The Morgan fingerprint density at radius 1 is 1.06 bits per heavy atom. The van der Waals surface area contributed by atoms with Crippen LogP contribution in [0.5, 0.6) is 0 Å². The molecule has 0 fully saturated rings. The summed E-state index contributed by atoms with van der Waals surface area (Å²) >= 11 is 5.73. The van der Waals surface area contributed by atoms with Gasteiger partial charge in [-0.3, -0.25) is 4.79 Å². The highest BCUT2D eigenvalue weighted by atomic mass is 35.5. The lowest BCUT2D eigenvalue weighted by Gasteiger charge is -1.98. The van der Waals surface area contributed by atoms with Gasteiger partial charge in [-0.05, 0) is 36.4 Å². The number of hydrogen-bond donors (Lipinski definition) is 0. The van der Waals surface area contributed by atoms with Crippen molar-refractivity contribution in [2.75, 3.05) is 7.11 Å². The highest BCUT2D eigenvalue weighted by molar-refractivity contribution is 6.30. The van der Waals surface area contributed by atoms with E-state index in [2.05, 4.69) is 4.74 Å². The fourth-order valence-corrected chi connectivity index (χ4v) is 1.54. The number of benzene rings is 1. The summed E-state index contributed by atoms with van der Waals surface area (Å²) in [5.74, 6) is -0.862. The number of esters is 1. The molecule has 1 heterocycles. The number of halogens is 1. The molecule has 0 bridgehead atoms. The van der Waals surface area contributed by atoms with Crippen molar-refractivity contribution in [2.24, 2.45) is 0 Å². The second kappa shape index (κ2) is 5.06. The Labute approximate surface area is 108 Å². The maximum absolute atomic E-state index is 12.0. The van der Waals surface area contributed by atoms with E-state index in [1.165, 1.54) is 19.2 Å². The molecule has 18 heavy (non-hydrogen) atoms. The topological polar surface area (TPSA) is 56.5 Å². The minimum Gasteiger partial charge on any atom is -0.463 e. The van der Waals surface area contributed by atoms with E-state index in [1.54, 1.807) is 24.3 Å². The summed E-state index contributed by atoms with van der Waals surface area (Å²) in [7, 11) is 1.24. The quantitative estimate of drug-likeness (QED) is 0.632. The van der Waals surface area contributed by atoms with Gasteiger partial charge >= 0.3 is 5.97 Å². The first-order chi connectivity index (χ1) is 8.61. The summed E-state index contributed by atoms with van der Waals surface area (Å²) in [5.41, 5.74) is 0.435. The maximum Gasteiger partial charge on any atom is 0.373 e. The van der Waals surface area contributed by atoms with Crippen LogP contribution in [0, 0.1) is 0 Å². The van der Waals surface area contributed by atoms with Crippen LogP contribution < -0.4 is 0 Å². The molecule has 0 aliphatic rings. The second-order valence-electron chi connectivity index (χ2n) is 3.49. The zero-order valence-electron chi connectivity index (χ0n) is 9.48. The van der Waals surface area contributed by atoms with E-state index in [4.69, 9.17) is 16.0 Å². The molecule has 2 rings (SSSR count). The molecule has 0 N–H and O–H groups in total. The zero-order chi connectivity index (χ0) is 13.1. The van der Waals surface area contributed by atoms with Crippen LogP contribution in [0.4, 0.5) is 0 Å². The summed E-state index contributed by atoms with van der Waals surface area (Å²) < 4.78 is 9.62. The molecule has 1 aromatic heterocycles. The number of carbonyl (C=O) groups excluding carboxylic acids is 2. The normalized spacial score (nSPS) is 10.1. The van der Waals surface area contributed by atoms with Crippen LogP contribution in [0.25, 0.3) is 0 Å². The van der Waals surface area contributed by atoms with Crippen LogP contribution in [0.2, 0.25) is 5.02 Å². The van der Waals surface area contributed by atoms with Gasteiger partial charge in [-0.25, -0.2) is 4.79 Å². The highest BCUT2D eigenvalue weighted by Crippen LogP contribution is 2.16. The Hall–Kier alpha value is -2.07. The first kappa shape index (κ1) is 12.4. The average molecular weight is 265 g/mol. The van der Waals surface area contributed by atoms with Gasteiger partial charge in [0.2, 0.25) is 11.5 Å². The summed E-state index contributed by atoms with van der Waals surface area (Å²) in [4.78, 5) is 23.2. The van der Waals surface area contributed by atoms with Gasteiger partial charge in [0.1, 0.15) is 0 Å². The Balaban J connectivity index is 2.26.